The van der Waals surface area contributed by atoms with Gasteiger partial charge in [0.15, 0.2) is 5.65 Å². The van der Waals surface area contributed by atoms with Crippen LogP contribution in [0.1, 0.15) is 0 Å². The van der Waals surface area contributed by atoms with Gasteiger partial charge in [0.2, 0.25) is 0 Å². The zero-order valence-corrected chi connectivity index (χ0v) is 14.8. The summed E-state index contributed by atoms with van der Waals surface area (Å²) in [7, 11) is 0. The van der Waals surface area contributed by atoms with Crippen molar-refractivity contribution < 1.29 is 9.13 Å². The van der Waals surface area contributed by atoms with E-state index >= 15 is 0 Å². The molecular formula is C19H14ClFN4O2. The summed E-state index contributed by atoms with van der Waals surface area (Å²) < 4.78 is 21.7. The van der Waals surface area contributed by atoms with Crippen molar-refractivity contribution in [2.75, 3.05) is 6.61 Å². The van der Waals surface area contributed by atoms with Crippen LogP contribution < -0.4 is 10.3 Å². The molecule has 0 saturated heterocycles. The second-order valence-corrected chi connectivity index (χ2v) is 6.20. The number of benzene rings is 2. The highest BCUT2D eigenvalue weighted by molar-refractivity contribution is 6.32. The van der Waals surface area contributed by atoms with Crippen molar-refractivity contribution in [2.24, 2.45) is 0 Å². The predicted octanol–water partition coefficient (Wildman–Crippen LogP) is 3.45. The summed E-state index contributed by atoms with van der Waals surface area (Å²) in [5, 5.41) is 5.09. The van der Waals surface area contributed by atoms with E-state index in [1.807, 2.05) is 12.1 Å². The molecule has 2 heterocycles. The molecule has 136 valence electrons. The number of fused-ring (bicyclic) bond motifs is 1. The van der Waals surface area contributed by atoms with Crippen LogP contribution in [-0.2, 0) is 6.54 Å². The van der Waals surface area contributed by atoms with E-state index in [2.05, 4.69) is 10.1 Å². The summed E-state index contributed by atoms with van der Waals surface area (Å²) in [5.74, 6) is 0.217. The summed E-state index contributed by atoms with van der Waals surface area (Å²) >= 11 is 6.05. The van der Waals surface area contributed by atoms with Gasteiger partial charge in [0, 0.05) is 0 Å². The van der Waals surface area contributed by atoms with Crippen molar-refractivity contribution in [3.63, 3.8) is 0 Å². The zero-order valence-electron chi connectivity index (χ0n) is 14.0. The summed E-state index contributed by atoms with van der Waals surface area (Å²) in [6.45, 7) is 0.581. The van der Waals surface area contributed by atoms with Gasteiger partial charge in [-0.25, -0.2) is 14.1 Å². The van der Waals surface area contributed by atoms with Gasteiger partial charge in [-0.05, 0) is 36.4 Å². The van der Waals surface area contributed by atoms with Crippen molar-refractivity contribution in [1.82, 2.24) is 19.3 Å². The Morgan fingerprint density at radius 3 is 2.67 bits per heavy atom. The fourth-order valence-electron chi connectivity index (χ4n) is 2.69. The standard InChI is InChI=1S/C19H14ClFN4O2/c20-16-3-1-2-4-17(16)27-10-9-24-12-22-18-15(19(24)26)11-23-25(18)14-7-5-13(21)6-8-14/h1-8,11-12H,9-10H2. The Balaban J connectivity index is 1.57. The molecule has 2 aromatic carbocycles. The molecule has 0 aliphatic heterocycles. The van der Waals surface area contributed by atoms with E-state index < -0.39 is 0 Å². The third-order valence-corrected chi connectivity index (χ3v) is 4.36. The molecule has 0 unspecified atom stereocenters. The third kappa shape index (κ3) is 3.41. The van der Waals surface area contributed by atoms with Crippen LogP contribution >= 0.6 is 11.6 Å². The minimum Gasteiger partial charge on any atom is -0.490 e. The number of aromatic nitrogens is 4. The van der Waals surface area contributed by atoms with Crippen LogP contribution in [0.25, 0.3) is 16.7 Å². The summed E-state index contributed by atoms with van der Waals surface area (Å²) in [6.07, 6.45) is 2.90. The normalized spacial score (nSPS) is 11.0. The van der Waals surface area contributed by atoms with Gasteiger partial charge in [0.05, 0.1) is 23.5 Å². The van der Waals surface area contributed by atoms with Crippen LogP contribution in [0.5, 0.6) is 5.75 Å². The Kier molecular flexibility index (Phi) is 4.60. The van der Waals surface area contributed by atoms with Crippen LogP contribution in [0.4, 0.5) is 4.39 Å². The second kappa shape index (κ2) is 7.20. The van der Waals surface area contributed by atoms with Crippen molar-refractivity contribution in [2.45, 2.75) is 6.54 Å². The van der Waals surface area contributed by atoms with Crippen LogP contribution in [-0.4, -0.2) is 25.9 Å². The molecule has 27 heavy (non-hydrogen) atoms. The lowest BCUT2D eigenvalue weighted by atomic mass is 10.3. The molecule has 0 aliphatic rings. The van der Waals surface area contributed by atoms with E-state index in [1.54, 1.807) is 24.3 Å². The molecule has 8 heteroatoms. The number of hydrogen-bond acceptors (Lipinski definition) is 4. The smallest absolute Gasteiger partial charge is 0.264 e. The average molecular weight is 385 g/mol. The molecule has 0 bridgehead atoms. The molecule has 0 amide bonds. The van der Waals surface area contributed by atoms with Crippen LogP contribution in [0, 0.1) is 5.82 Å². The van der Waals surface area contributed by atoms with Gasteiger partial charge in [0.25, 0.3) is 5.56 Å². The Labute approximate surface area is 158 Å². The quantitative estimate of drug-likeness (QED) is 0.528. The first kappa shape index (κ1) is 17.2. The number of nitrogens with zero attached hydrogens (tertiary/aromatic N) is 4. The van der Waals surface area contributed by atoms with Gasteiger partial charge < -0.3 is 4.74 Å². The van der Waals surface area contributed by atoms with E-state index in [1.165, 1.54) is 33.9 Å². The average Bonchev–Trinajstić information content (AvgIpc) is 3.10. The lowest BCUT2D eigenvalue weighted by molar-refractivity contribution is 0.296. The zero-order chi connectivity index (χ0) is 18.8. The number of halogens is 2. The highest BCUT2D eigenvalue weighted by Crippen LogP contribution is 2.23. The monoisotopic (exact) mass is 384 g/mol. The molecule has 0 radical (unpaired) electrons. The highest BCUT2D eigenvalue weighted by Gasteiger charge is 2.11. The van der Waals surface area contributed by atoms with E-state index in [-0.39, 0.29) is 18.0 Å². The maximum atomic E-state index is 13.1. The molecule has 4 aromatic rings. The molecule has 6 nitrogen and oxygen atoms in total. The van der Waals surface area contributed by atoms with Gasteiger partial charge in [-0.1, -0.05) is 23.7 Å². The first-order valence-corrected chi connectivity index (χ1v) is 8.58. The second-order valence-electron chi connectivity index (χ2n) is 5.79. The van der Waals surface area contributed by atoms with Gasteiger partial charge in [-0.3, -0.25) is 9.36 Å². The number of para-hydroxylation sites is 1. The topological polar surface area (TPSA) is 61.9 Å². The molecule has 0 saturated carbocycles. The molecular weight excluding hydrogens is 371 g/mol. The van der Waals surface area contributed by atoms with Crippen LogP contribution in [0.3, 0.4) is 0 Å². The first-order chi connectivity index (χ1) is 13.1. The van der Waals surface area contributed by atoms with Crippen molar-refractivity contribution in [3.05, 3.63) is 82.2 Å². The molecule has 0 fully saturated rings. The van der Waals surface area contributed by atoms with E-state index in [0.717, 1.165) is 0 Å². The maximum Gasteiger partial charge on any atom is 0.264 e. The molecule has 0 N–H and O–H groups in total. The molecule has 0 spiro atoms. The van der Waals surface area contributed by atoms with E-state index in [9.17, 15) is 9.18 Å². The summed E-state index contributed by atoms with van der Waals surface area (Å²) in [5.41, 5.74) is 0.809. The molecule has 4 rings (SSSR count). The highest BCUT2D eigenvalue weighted by atomic mass is 35.5. The predicted molar refractivity (Wildman–Crippen MR) is 100 cm³/mol. The van der Waals surface area contributed by atoms with Gasteiger partial charge >= 0.3 is 0 Å². The number of rotatable bonds is 5. The summed E-state index contributed by atoms with van der Waals surface area (Å²) in [4.78, 5) is 17.0. The Morgan fingerprint density at radius 1 is 1.11 bits per heavy atom. The minimum atomic E-state index is -0.343. The maximum absolute atomic E-state index is 13.1. The van der Waals surface area contributed by atoms with Crippen LogP contribution in [0.2, 0.25) is 5.02 Å². The molecule has 0 atom stereocenters. The van der Waals surface area contributed by atoms with Crippen molar-refractivity contribution >= 4 is 22.6 Å². The molecule has 0 aliphatic carbocycles. The Hall–Kier alpha value is -3.19. The van der Waals surface area contributed by atoms with Gasteiger partial charge in [0.1, 0.15) is 29.9 Å². The first-order valence-electron chi connectivity index (χ1n) is 8.20. The lowest BCUT2D eigenvalue weighted by Crippen LogP contribution is -2.23. The van der Waals surface area contributed by atoms with Crippen molar-refractivity contribution in [1.29, 1.82) is 0 Å². The summed E-state index contributed by atoms with van der Waals surface area (Å²) in [6, 6.07) is 13.0. The van der Waals surface area contributed by atoms with E-state index in [4.69, 9.17) is 16.3 Å². The SMILES string of the molecule is O=c1c2cnn(-c3ccc(F)cc3)c2ncn1CCOc1ccccc1Cl. The number of ether oxygens (including phenoxy) is 1. The van der Waals surface area contributed by atoms with Gasteiger partial charge in [-0.2, -0.15) is 5.10 Å². The fourth-order valence-corrected chi connectivity index (χ4v) is 2.89. The largest absolute Gasteiger partial charge is 0.490 e. The lowest BCUT2D eigenvalue weighted by Gasteiger charge is -2.09. The Morgan fingerprint density at radius 2 is 1.89 bits per heavy atom. The molecule has 2 aromatic heterocycles. The van der Waals surface area contributed by atoms with Crippen LogP contribution in [0.15, 0.2) is 65.8 Å². The third-order valence-electron chi connectivity index (χ3n) is 4.05. The van der Waals surface area contributed by atoms with Crippen molar-refractivity contribution in [3.8, 4) is 11.4 Å². The van der Waals surface area contributed by atoms with Gasteiger partial charge in [-0.15, -0.1) is 0 Å². The fraction of sp³-hybridized carbons (Fsp3) is 0.105. The van der Waals surface area contributed by atoms with E-state index in [0.29, 0.717) is 34.0 Å². The minimum absolute atomic E-state index is 0.226. The number of hydrogen-bond donors (Lipinski definition) is 0. The Bertz CT molecular complexity index is 1150.